The number of thioether (sulfide) groups is 1. The highest BCUT2D eigenvalue weighted by molar-refractivity contribution is 8.00. The van der Waals surface area contributed by atoms with Crippen molar-refractivity contribution >= 4 is 11.8 Å². The van der Waals surface area contributed by atoms with E-state index in [-0.39, 0.29) is 0 Å². The quantitative estimate of drug-likeness (QED) is 0.709. The molecule has 0 bridgehead atoms. The standard InChI is InChI=1S/C11H23NS/c1-3-10(4-2)8-12-9-11-6-5-7-13-11/h10-12H,3-9H2,1-2H3. The number of nitrogens with one attached hydrogen (secondary N) is 1. The molecule has 0 aromatic rings. The molecule has 1 rings (SSSR count). The molecule has 0 amide bonds. The highest BCUT2D eigenvalue weighted by Gasteiger charge is 2.14. The summed E-state index contributed by atoms with van der Waals surface area (Å²) in [5, 5.41) is 4.52. The van der Waals surface area contributed by atoms with E-state index < -0.39 is 0 Å². The molecule has 1 aliphatic rings. The highest BCUT2D eigenvalue weighted by atomic mass is 32.2. The minimum atomic E-state index is 0.895. The second-order valence-corrected chi connectivity index (χ2v) is 5.38. The molecule has 1 heterocycles. The maximum Gasteiger partial charge on any atom is 0.0172 e. The summed E-state index contributed by atoms with van der Waals surface area (Å²) in [5.41, 5.74) is 0. The van der Waals surface area contributed by atoms with E-state index in [1.165, 1.54) is 44.5 Å². The van der Waals surface area contributed by atoms with Crippen LogP contribution in [0.1, 0.15) is 39.5 Å². The van der Waals surface area contributed by atoms with Crippen LogP contribution < -0.4 is 5.32 Å². The van der Waals surface area contributed by atoms with Crippen molar-refractivity contribution in [3.63, 3.8) is 0 Å². The van der Waals surface area contributed by atoms with Gasteiger partial charge in [-0.3, -0.25) is 0 Å². The van der Waals surface area contributed by atoms with E-state index in [0.717, 1.165) is 11.2 Å². The van der Waals surface area contributed by atoms with Crippen LogP contribution in [0, 0.1) is 5.92 Å². The molecular weight excluding hydrogens is 178 g/mol. The fourth-order valence-corrected chi connectivity index (χ4v) is 3.07. The lowest BCUT2D eigenvalue weighted by Gasteiger charge is -2.15. The van der Waals surface area contributed by atoms with Gasteiger partial charge in [0, 0.05) is 11.8 Å². The van der Waals surface area contributed by atoms with Gasteiger partial charge in [-0.1, -0.05) is 26.7 Å². The van der Waals surface area contributed by atoms with Crippen LogP contribution in [-0.2, 0) is 0 Å². The van der Waals surface area contributed by atoms with E-state index in [2.05, 4.69) is 30.9 Å². The van der Waals surface area contributed by atoms with E-state index in [1.807, 2.05) is 0 Å². The summed E-state index contributed by atoms with van der Waals surface area (Å²) in [5.74, 6) is 2.28. The molecule has 13 heavy (non-hydrogen) atoms. The van der Waals surface area contributed by atoms with Crippen LogP contribution in [0.15, 0.2) is 0 Å². The minimum Gasteiger partial charge on any atom is -0.315 e. The first kappa shape index (κ1) is 11.4. The SMILES string of the molecule is CCC(CC)CNCC1CCCS1. The smallest absolute Gasteiger partial charge is 0.0172 e. The summed E-state index contributed by atoms with van der Waals surface area (Å²) < 4.78 is 0. The molecule has 78 valence electrons. The topological polar surface area (TPSA) is 12.0 Å². The molecule has 1 fully saturated rings. The zero-order valence-corrected chi connectivity index (χ0v) is 9.83. The lowest BCUT2D eigenvalue weighted by molar-refractivity contribution is 0.449. The summed E-state index contributed by atoms with van der Waals surface area (Å²) in [4.78, 5) is 0. The first-order valence-corrected chi connectivity index (χ1v) is 6.74. The Bertz CT molecular complexity index is 115. The van der Waals surface area contributed by atoms with E-state index in [9.17, 15) is 0 Å². The molecule has 0 aromatic carbocycles. The Balaban J connectivity index is 1.98. The molecular formula is C11H23NS. The number of hydrogen-bond acceptors (Lipinski definition) is 2. The summed E-state index contributed by atoms with van der Waals surface area (Å²) in [6.45, 7) is 7.05. The van der Waals surface area contributed by atoms with Crippen molar-refractivity contribution in [1.82, 2.24) is 5.32 Å². The fourth-order valence-electron chi connectivity index (χ4n) is 1.83. The van der Waals surface area contributed by atoms with Crippen molar-refractivity contribution < 1.29 is 0 Å². The molecule has 0 aromatic heterocycles. The first-order valence-electron chi connectivity index (χ1n) is 5.69. The molecule has 1 saturated heterocycles. The molecule has 1 unspecified atom stereocenters. The molecule has 0 aliphatic carbocycles. The van der Waals surface area contributed by atoms with Crippen LogP contribution in [-0.4, -0.2) is 24.1 Å². The number of rotatable bonds is 6. The van der Waals surface area contributed by atoms with Gasteiger partial charge in [0.15, 0.2) is 0 Å². The molecule has 0 saturated carbocycles. The molecule has 2 heteroatoms. The Morgan fingerprint density at radius 3 is 2.69 bits per heavy atom. The van der Waals surface area contributed by atoms with Gasteiger partial charge in [0.2, 0.25) is 0 Å². The minimum absolute atomic E-state index is 0.895. The third-order valence-electron chi connectivity index (χ3n) is 2.98. The van der Waals surface area contributed by atoms with Gasteiger partial charge in [0.05, 0.1) is 0 Å². The Kier molecular flexibility index (Phi) is 5.88. The molecule has 0 radical (unpaired) electrons. The van der Waals surface area contributed by atoms with Gasteiger partial charge in [-0.15, -0.1) is 0 Å². The van der Waals surface area contributed by atoms with Gasteiger partial charge >= 0.3 is 0 Å². The van der Waals surface area contributed by atoms with Gasteiger partial charge in [-0.25, -0.2) is 0 Å². The zero-order valence-electron chi connectivity index (χ0n) is 9.01. The van der Waals surface area contributed by atoms with Gasteiger partial charge < -0.3 is 5.32 Å². The fraction of sp³-hybridized carbons (Fsp3) is 1.00. The predicted molar refractivity (Wildman–Crippen MR) is 62.4 cm³/mol. The normalized spacial score (nSPS) is 22.8. The van der Waals surface area contributed by atoms with Crippen molar-refractivity contribution in [3.05, 3.63) is 0 Å². The second kappa shape index (κ2) is 6.72. The van der Waals surface area contributed by atoms with Crippen LogP contribution in [0.25, 0.3) is 0 Å². The van der Waals surface area contributed by atoms with Crippen molar-refractivity contribution in [1.29, 1.82) is 0 Å². The summed E-state index contributed by atoms with van der Waals surface area (Å²) in [7, 11) is 0. The van der Waals surface area contributed by atoms with E-state index in [0.29, 0.717) is 0 Å². The van der Waals surface area contributed by atoms with E-state index in [1.54, 1.807) is 0 Å². The molecule has 0 spiro atoms. The lowest BCUT2D eigenvalue weighted by atomic mass is 10.0. The van der Waals surface area contributed by atoms with Gasteiger partial charge in [0.1, 0.15) is 0 Å². The third kappa shape index (κ3) is 4.37. The average Bonchev–Trinajstić information content (AvgIpc) is 2.65. The summed E-state index contributed by atoms with van der Waals surface area (Å²) >= 11 is 2.15. The van der Waals surface area contributed by atoms with Crippen LogP contribution >= 0.6 is 11.8 Å². The van der Waals surface area contributed by atoms with Crippen molar-refractivity contribution in [2.45, 2.75) is 44.8 Å². The van der Waals surface area contributed by atoms with Crippen LogP contribution in [0.4, 0.5) is 0 Å². The predicted octanol–water partition coefficient (Wildman–Crippen LogP) is 2.91. The molecule has 1 nitrogen and oxygen atoms in total. The number of hydrogen-bond donors (Lipinski definition) is 1. The highest BCUT2D eigenvalue weighted by Crippen LogP contribution is 2.25. The summed E-state index contributed by atoms with van der Waals surface area (Å²) in [6.07, 6.45) is 5.51. The Hall–Kier alpha value is 0.310. The average molecular weight is 201 g/mol. The first-order chi connectivity index (χ1) is 6.36. The van der Waals surface area contributed by atoms with E-state index >= 15 is 0 Å². The van der Waals surface area contributed by atoms with Crippen LogP contribution in [0.5, 0.6) is 0 Å². The van der Waals surface area contributed by atoms with Gasteiger partial charge in [-0.05, 0) is 31.1 Å². The largest absolute Gasteiger partial charge is 0.315 e. The van der Waals surface area contributed by atoms with Gasteiger partial charge in [0.25, 0.3) is 0 Å². The van der Waals surface area contributed by atoms with Gasteiger partial charge in [-0.2, -0.15) is 11.8 Å². The Morgan fingerprint density at radius 2 is 2.15 bits per heavy atom. The van der Waals surface area contributed by atoms with E-state index in [4.69, 9.17) is 0 Å². The maximum absolute atomic E-state index is 3.61. The zero-order chi connectivity index (χ0) is 9.52. The molecule has 1 aliphatic heterocycles. The third-order valence-corrected chi connectivity index (χ3v) is 4.38. The lowest BCUT2D eigenvalue weighted by Crippen LogP contribution is -2.28. The van der Waals surface area contributed by atoms with Crippen molar-refractivity contribution in [2.75, 3.05) is 18.8 Å². The Labute approximate surface area is 87.1 Å². The molecule has 1 atom stereocenters. The van der Waals surface area contributed by atoms with Crippen molar-refractivity contribution in [3.8, 4) is 0 Å². The maximum atomic E-state index is 3.61. The molecule has 1 N–H and O–H groups in total. The monoisotopic (exact) mass is 201 g/mol. The summed E-state index contributed by atoms with van der Waals surface area (Å²) in [6, 6.07) is 0. The van der Waals surface area contributed by atoms with Crippen molar-refractivity contribution in [2.24, 2.45) is 5.92 Å². The van der Waals surface area contributed by atoms with Crippen LogP contribution in [0.2, 0.25) is 0 Å². The Morgan fingerprint density at radius 1 is 1.38 bits per heavy atom. The second-order valence-electron chi connectivity index (χ2n) is 3.98. The van der Waals surface area contributed by atoms with Crippen LogP contribution in [0.3, 0.4) is 0 Å².